The van der Waals surface area contributed by atoms with Crippen molar-refractivity contribution in [3.05, 3.63) is 53.6 Å². The number of hydrogen-bond acceptors (Lipinski definition) is 6. The number of rotatable bonds is 7. The van der Waals surface area contributed by atoms with Crippen LogP contribution in [0.3, 0.4) is 0 Å². The molecule has 22 heavy (non-hydrogen) atoms. The summed E-state index contributed by atoms with van der Waals surface area (Å²) in [5, 5.41) is 0.277. The van der Waals surface area contributed by atoms with E-state index in [9.17, 15) is 4.79 Å². The van der Waals surface area contributed by atoms with Crippen LogP contribution in [0.4, 0.5) is 0 Å². The van der Waals surface area contributed by atoms with Crippen molar-refractivity contribution in [1.82, 2.24) is 9.97 Å². The number of nitrogens with zero attached hydrogens (tertiary/aromatic N) is 2. The van der Waals surface area contributed by atoms with Crippen LogP contribution in [0.25, 0.3) is 5.57 Å². The van der Waals surface area contributed by atoms with Gasteiger partial charge in [0.25, 0.3) is 6.47 Å². The van der Waals surface area contributed by atoms with Crippen LogP contribution in [0.1, 0.15) is 5.56 Å². The molecule has 6 nitrogen and oxygen atoms in total. The highest BCUT2D eigenvalue weighted by atomic mass is 35.5. The van der Waals surface area contributed by atoms with Crippen LogP contribution in [0.2, 0.25) is 5.15 Å². The molecule has 7 heteroatoms. The van der Waals surface area contributed by atoms with E-state index in [0.29, 0.717) is 29.2 Å². The van der Waals surface area contributed by atoms with Crippen LogP contribution in [0.5, 0.6) is 11.6 Å². The molecule has 0 fully saturated rings. The van der Waals surface area contributed by atoms with Gasteiger partial charge in [-0.2, -0.15) is 0 Å². The first-order valence-corrected chi connectivity index (χ1v) is 6.64. The Morgan fingerprint density at radius 1 is 1.32 bits per heavy atom. The minimum absolute atomic E-state index is 0.0578. The normalized spacial score (nSPS) is 10.9. The number of ether oxygens (including phenoxy) is 3. The molecule has 114 valence electrons. The van der Waals surface area contributed by atoms with E-state index in [1.54, 1.807) is 6.07 Å². The monoisotopic (exact) mass is 320 g/mol. The summed E-state index contributed by atoms with van der Waals surface area (Å²) in [4.78, 5) is 18.2. The van der Waals surface area contributed by atoms with Gasteiger partial charge in [-0.1, -0.05) is 29.8 Å². The quantitative estimate of drug-likeness (QED) is 0.443. The Bertz CT molecular complexity index is 676. The highest BCUT2D eigenvalue weighted by molar-refractivity contribution is 6.29. The number of para-hydroxylation sites is 1. The Morgan fingerprint density at radius 2 is 2.14 bits per heavy atom. The van der Waals surface area contributed by atoms with Gasteiger partial charge in [-0.05, 0) is 6.07 Å². The molecule has 0 radical (unpaired) electrons. The maximum atomic E-state index is 10.4. The number of halogens is 1. The zero-order valence-corrected chi connectivity index (χ0v) is 12.5. The lowest BCUT2D eigenvalue weighted by Gasteiger charge is -2.12. The Morgan fingerprint density at radius 3 is 2.86 bits per heavy atom. The number of aromatic nitrogens is 2. The molecule has 0 amide bonds. The number of benzene rings is 1. The van der Waals surface area contributed by atoms with Crippen LogP contribution >= 0.6 is 11.6 Å². The molecule has 0 saturated heterocycles. The lowest BCUT2D eigenvalue weighted by atomic mass is 10.1. The van der Waals surface area contributed by atoms with Crippen LogP contribution in [0.15, 0.2) is 42.9 Å². The molecule has 0 saturated carbocycles. The summed E-state index contributed by atoms with van der Waals surface area (Å²) in [6.07, 6.45) is 2.79. The molecular weight excluding hydrogens is 308 g/mol. The maximum Gasteiger partial charge on any atom is 0.293 e. The van der Waals surface area contributed by atoms with Crippen molar-refractivity contribution in [2.75, 3.05) is 13.7 Å². The third-order valence-electron chi connectivity index (χ3n) is 2.62. The fraction of sp³-hybridized carbons (Fsp3) is 0.133. The standard InChI is InChI=1S/C15H13ClN2O4/c1-20-7-11(8-21-10-19)12-4-2-3-5-13(12)22-15-6-14(16)17-9-18-15/h2-7,9-10H,8H2,1H3/b11-7-. The summed E-state index contributed by atoms with van der Waals surface area (Å²) in [5.41, 5.74) is 1.35. The van der Waals surface area contributed by atoms with E-state index in [1.807, 2.05) is 18.2 Å². The second-order valence-electron chi connectivity index (χ2n) is 4.06. The molecule has 0 aliphatic heterocycles. The van der Waals surface area contributed by atoms with E-state index in [1.165, 1.54) is 25.8 Å². The lowest BCUT2D eigenvalue weighted by molar-refractivity contribution is -0.127. The molecule has 0 spiro atoms. The number of carbonyl (C=O) groups is 1. The summed E-state index contributed by atoms with van der Waals surface area (Å²) < 4.78 is 15.5. The summed E-state index contributed by atoms with van der Waals surface area (Å²) in [5.74, 6) is 0.829. The van der Waals surface area contributed by atoms with E-state index in [4.69, 9.17) is 25.8 Å². The first-order valence-electron chi connectivity index (χ1n) is 6.26. The highest BCUT2D eigenvalue weighted by Gasteiger charge is 2.11. The van der Waals surface area contributed by atoms with Crippen LogP contribution < -0.4 is 4.74 Å². The average Bonchev–Trinajstić information content (AvgIpc) is 2.52. The molecule has 0 N–H and O–H groups in total. The molecule has 1 aromatic carbocycles. The summed E-state index contributed by atoms with van der Waals surface area (Å²) >= 11 is 5.81. The van der Waals surface area contributed by atoms with Gasteiger partial charge in [0.2, 0.25) is 5.88 Å². The third kappa shape index (κ3) is 4.20. The predicted octanol–water partition coefficient (Wildman–Crippen LogP) is 3.08. The van der Waals surface area contributed by atoms with Crippen LogP contribution in [-0.4, -0.2) is 30.2 Å². The molecule has 0 aliphatic rings. The average molecular weight is 321 g/mol. The van der Waals surface area contributed by atoms with Crippen LogP contribution in [-0.2, 0) is 14.3 Å². The van der Waals surface area contributed by atoms with Crippen molar-refractivity contribution in [3.63, 3.8) is 0 Å². The predicted molar refractivity (Wildman–Crippen MR) is 80.6 cm³/mol. The van der Waals surface area contributed by atoms with Crippen molar-refractivity contribution in [3.8, 4) is 11.6 Å². The van der Waals surface area contributed by atoms with Crippen molar-refractivity contribution in [2.24, 2.45) is 0 Å². The van der Waals surface area contributed by atoms with Gasteiger partial charge in [0, 0.05) is 17.2 Å². The van der Waals surface area contributed by atoms with Gasteiger partial charge in [0.15, 0.2) is 0 Å². The Labute approximate surface area is 132 Å². The van der Waals surface area contributed by atoms with Gasteiger partial charge in [0.05, 0.1) is 13.4 Å². The van der Waals surface area contributed by atoms with Gasteiger partial charge >= 0.3 is 0 Å². The molecule has 1 heterocycles. The number of methoxy groups -OCH3 is 1. The number of hydrogen-bond donors (Lipinski definition) is 0. The molecule has 0 bridgehead atoms. The Hall–Kier alpha value is -2.60. The van der Waals surface area contributed by atoms with E-state index < -0.39 is 0 Å². The Balaban J connectivity index is 2.32. The largest absolute Gasteiger partial charge is 0.504 e. The van der Waals surface area contributed by atoms with E-state index in [0.717, 1.165) is 0 Å². The molecular formula is C15H13ClN2O4. The van der Waals surface area contributed by atoms with Gasteiger partial charge < -0.3 is 14.2 Å². The first kappa shape index (κ1) is 15.8. The number of carbonyl (C=O) groups excluding carboxylic acids is 1. The van der Waals surface area contributed by atoms with E-state index >= 15 is 0 Å². The second-order valence-corrected chi connectivity index (χ2v) is 4.45. The Kier molecular flexibility index (Phi) is 5.73. The maximum absolute atomic E-state index is 10.4. The molecule has 1 aromatic heterocycles. The molecule has 0 atom stereocenters. The minimum atomic E-state index is 0.0578. The lowest BCUT2D eigenvalue weighted by Crippen LogP contribution is -2.00. The van der Waals surface area contributed by atoms with E-state index in [-0.39, 0.29) is 11.8 Å². The highest BCUT2D eigenvalue weighted by Crippen LogP contribution is 2.30. The summed E-state index contributed by atoms with van der Waals surface area (Å²) in [7, 11) is 1.51. The zero-order chi connectivity index (χ0) is 15.8. The fourth-order valence-electron chi connectivity index (χ4n) is 1.75. The topological polar surface area (TPSA) is 70.5 Å². The summed E-state index contributed by atoms with van der Waals surface area (Å²) in [6, 6.07) is 8.72. The third-order valence-corrected chi connectivity index (χ3v) is 2.83. The smallest absolute Gasteiger partial charge is 0.293 e. The van der Waals surface area contributed by atoms with Crippen molar-refractivity contribution < 1.29 is 19.0 Å². The minimum Gasteiger partial charge on any atom is -0.504 e. The molecule has 0 unspecified atom stereocenters. The zero-order valence-electron chi connectivity index (χ0n) is 11.7. The molecule has 0 aliphatic carbocycles. The van der Waals surface area contributed by atoms with Crippen molar-refractivity contribution in [2.45, 2.75) is 0 Å². The summed E-state index contributed by atoms with van der Waals surface area (Å²) in [6.45, 7) is 0.430. The van der Waals surface area contributed by atoms with Gasteiger partial charge in [-0.15, -0.1) is 0 Å². The fourth-order valence-corrected chi connectivity index (χ4v) is 1.89. The first-order chi connectivity index (χ1) is 10.7. The molecule has 2 rings (SSSR count). The van der Waals surface area contributed by atoms with Gasteiger partial charge in [-0.25, -0.2) is 9.97 Å². The SMILES string of the molecule is CO/C=C(/COC=O)c1ccccc1Oc1cc(Cl)ncn1. The van der Waals surface area contributed by atoms with E-state index in [2.05, 4.69) is 9.97 Å². The van der Waals surface area contributed by atoms with Gasteiger partial charge in [0.1, 0.15) is 23.8 Å². The second kappa shape index (κ2) is 7.99. The van der Waals surface area contributed by atoms with Crippen molar-refractivity contribution >= 4 is 23.6 Å². The van der Waals surface area contributed by atoms with Crippen molar-refractivity contribution in [1.29, 1.82) is 0 Å². The van der Waals surface area contributed by atoms with Gasteiger partial charge in [-0.3, -0.25) is 4.79 Å². The van der Waals surface area contributed by atoms with Crippen LogP contribution in [0, 0.1) is 0 Å². The molecule has 2 aromatic rings.